The van der Waals surface area contributed by atoms with Crippen LogP contribution in [0.5, 0.6) is 0 Å². The van der Waals surface area contributed by atoms with Crippen LogP contribution in [0.4, 0.5) is 0 Å². The molecule has 0 heterocycles. The largest absolute Gasteiger partial charge is 0.310 e. The summed E-state index contributed by atoms with van der Waals surface area (Å²) in [6.45, 7) is 7.62. The number of rotatable bonds is 7. The van der Waals surface area contributed by atoms with Crippen molar-refractivity contribution < 1.29 is 0 Å². The van der Waals surface area contributed by atoms with Gasteiger partial charge in [-0.15, -0.1) is 11.8 Å². The summed E-state index contributed by atoms with van der Waals surface area (Å²) in [4.78, 5) is 1.40. The summed E-state index contributed by atoms with van der Waals surface area (Å²) in [5.74, 6) is 1.03. The van der Waals surface area contributed by atoms with Gasteiger partial charge >= 0.3 is 0 Å². The van der Waals surface area contributed by atoms with Crippen LogP contribution >= 0.6 is 11.8 Å². The maximum atomic E-state index is 3.59. The number of hydrogen-bond acceptors (Lipinski definition) is 2. The second-order valence-corrected chi connectivity index (χ2v) is 6.29. The minimum absolute atomic E-state index is 0.454. The van der Waals surface area contributed by atoms with Gasteiger partial charge in [-0.2, -0.15) is 0 Å². The summed E-state index contributed by atoms with van der Waals surface area (Å²) in [5, 5.41) is 3.59. The second-order valence-electron chi connectivity index (χ2n) is 5.27. The van der Waals surface area contributed by atoms with Crippen molar-refractivity contribution in [3.63, 3.8) is 0 Å². The van der Waals surface area contributed by atoms with Gasteiger partial charge < -0.3 is 5.32 Å². The molecule has 0 spiro atoms. The summed E-state index contributed by atoms with van der Waals surface area (Å²) in [7, 11) is 0. The molecule has 0 amide bonds. The van der Waals surface area contributed by atoms with Crippen molar-refractivity contribution in [2.45, 2.75) is 43.9 Å². The highest BCUT2D eigenvalue weighted by atomic mass is 32.2. The highest BCUT2D eigenvalue weighted by Gasteiger charge is 2.12. The molecule has 2 aromatic rings. The molecular weight excluding hydrogens is 274 g/mol. The van der Waals surface area contributed by atoms with Gasteiger partial charge in [0.2, 0.25) is 0 Å². The smallest absolute Gasteiger partial charge is 0.0328 e. The van der Waals surface area contributed by atoms with E-state index in [0.717, 1.165) is 18.7 Å². The SMILES string of the molecule is CCNC(CC)c1ccccc1SCc1ccccc1C. The molecular formula is C19H25NS. The molecule has 21 heavy (non-hydrogen) atoms. The molecule has 1 N–H and O–H groups in total. The fourth-order valence-electron chi connectivity index (χ4n) is 2.55. The molecule has 112 valence electrons. The van der Waals surface area contributed by atoms with Crippen LogP contribution in [0, 0.1) is 6.92 Å². The highest BCUT2D eigenvalue weighted by molar-refractivity contribution is 7.98. The highest BCUT2D eigenvalue weighted by Crippen LogP contribution is 2.31. The van der Waals surface area contributed by atoms with Crippen molar-refractivity contribution in [1.29, 1.82) is 0 Å². The van der Waals surface area contributed by atoms with Crippen LogP contribution in [0.2, 0.25) is 0 Å². The van der Waals surface area contributed by atoms with E-state index in [9.17, 15) is 0 Å². The van der Waals surface area contributed by atoms with E-state index in [1.54, 1.807) is 0 Å². The Morgan fingerprint density at radius 1 is 1.00 bits per heavy atom. The first-order valence-corrected chi connectivity index (χ1v) is 8.74. The van der Waals surface area contributed by atoms with E-state index in [0.29, 0.717) is 6.04 Å². The number of nitrogens with one attached hydrogen (secondary N) is 1. The molecule has 1 nitrogen and oxygen atoms in total. The summed E-state index contributed by atoms with van der Waals surface area (Å²) >= 11 is 1.94. The fourth-order valence-corrected chi connectivity index (χ4v) is 3.73. The van der Waals surface area contributed by atoms with Crippen LogP contribution in [-0.4, -0.2) is 6.54 Å². The average Bonchev–Trinajstić information content (AvgIpc) is 2.52. The van der Waals surface area contributed by atoms with Crippen molar-refractivity contribution in [3.05, 3.63) is 65.2 Å². The molecule has 0 saturated heterocycles. The molecule has 1 unspecified atom stereocenters. The summed E-state index contributed by atoms with van der Waals surface area (Å²) < 4.78 is 0. The number of aryl methyl sites for hydroxylation is 1. The Bertz CT molecular complexity index is 565. The Labute approximate surface area is 133 Å². The van der Waals surface area contributed by atoms with Crippen LogP contribution in [-0.2, 0) is 5.75 Å². The van der Waals surface area contributed by atoms with Gasteiger partial charge in [-0.1, -0.05) is 56.3 Å². The Kier molecular flexibility index (Phi) is 6.34. The van der Waals surface area contributed by atoms with Crippen LogP contribution in [0.3, 0.4) is 0 Å². The van der Waals surface area contributed by atoms with E-state index < -0.39 is 0 Å². The van der Waals surface area contributed by atoms with Crippen molar-refractivity contribution in [2.24, 2.45) is 0 Å². The van der Waals surface area contributed by atoms with Gasteiger partial charge in [0.25, 0.3) is 0 Å². The molecule has 0 aromatic heterocycles. The third kappa shape index (κ3) is 4.36. The van der Waals surface area contributed by atoms with E-state index in [-0.39, 0.29) is 0 Å². The predicted octanol–water partition coefficient (Wildman–Crippen LogP) is 5.35. The molecule has 0 fully saturated rings. The standard InChI is InChI=1S/C19H25NS/c1-4-18(20-5-2)17-12-8-9-13-19(17)21-14-16-11-7-6-10-15(16)3/h6-13,18,20H,4-5,14H2,1-3H3. The Hall–Kier alpha value is -1.25. The van der Waals surface area contributed by atoms with Crippen LogP contribution in [0.15, 0.2) is 53.4 Å². The molecule has 0 saturated carbocycles. The number of benzene rings is 2. The molecule has 0 radical (unpaired) electrons. The quantitative estimate of drug-likeness (QED) is 0.692. The maximum Gasteiger partial charge on any atom is 0.0328 e. The van der Waals surface area contributed by atoms with Gasteiger partial charge in [0.15, 0.2) is 0 Å². The normalized spacial score (nSPS) is 12.3. The molecule has 0 aliphatic heterocycles. The molecule has 0 bridgehead atoms. The average molecular weight is 299 g/mol. The van der Waals surface area contributed by atoms with E-state index in [1.165, 1.54) is 21.6 Å². The minimum atomic E-state index is 0.454. The Morgan fingerprint density at radius 3 is 2.43 bits per heavy atom. The zero-order valence-electron chi connectivity index (χ0n) is 13.2. The van der Waals surface area contributed by atoms with Gasteiger partial charge in [0.1, 0.15) is 0 Å². The predicted molar refractivity (Wildman–Crippen MR) is 93.9 cm³/mol. The van der Waals surface area contributed by atoms with E-state index in [1.807, 2.05) is 11.8 Å². The zero-order chi connectivity index (χ0) is 15.1. The maximum absolute atomic E-state index is 3.59. The lowest BCUT2D eigenvalue weighted by Crippen LogP contribution is -2.20. The van der Waals surface area contributed by atoms with Crippen LogP contribution in [0.1, 0.15) is 43.0 Å². The Morgan fingerprint density at radius 2 is 1.71 bits per heavy atom. The molecule has 2 aromatic carbocycles. The van der Waals surface area contributed by atoms with Crippen LogP contribution in [0.25, 0.3) is 0 Å². The zero-order valence-corrected chi connectivity index (χ0v) is 14.0. The lowest BCUT2D eigenvalue weighted by atomic mass is 10.0. The monoisotopic (exact) mass is 299 g/mol. The second kappa shape index (κ2) is 8.26. The van der Waals surface area contributed by atoms with E-state index in [4.69, 9.17) is 0 Å². The van der Waals surface area contributed by atoms with Gasteiger partial charge in [-0.25, -0.2) is 0 Å². The van der Waals surface area contributed by atoms with E-state index >= 15 is 0 Å². The number of thioether (sulfide) groups is 1. The lowest BCUT2D eigenvalue weighted by Gasteiger charge is -2.19. The summed E-state index contributed by atoms with van der Waals surface area (Å²) in [5.41, 5.74) is 4.23. The fraction of sp³-hybridized carbons (Fsp3) is 0.368. The first kappa shape index (κ1) is 16.1. The molecule has 2 rings (SSSR count). The Balaban J connectivity index is 2.15. The summed E-state index contributed by atoms with van der Waals surface area (Å²) in [6, 6.07) is 17.9. The molecule has 0 aliphatic carbocycles. The third-order valence-corrected chi connectivity index (χ3v) is 4.94. The van der Waals surface area contributed by atoms with Gasteiger partial charge in [0.05, 0.1) is 0 Å². The minimum Gasteiger partial charge on any atom is -0.310 e. The molecule has 2 heteroatoms. The first-order chi connectivity index (χ1) is 10.3. The van der Waals surface area contributed by atoms with Crippen molar-refractivity contribution >= 4 is 11.8 Å². The lowest BCUT2D eigenvalue weighted by molar-refractivity contribution is 0.530. The topological polar surface area (TPSA) is 12.0 Å². The number of hydrogen-bond donors (Lipinski definition) is 1. The van der Waals surface area contributed by atoms with Crippen LogP contribution < -0.4 is 5.32 Å². The molecule has 1 atom stereocenters. The van der Waals surface area contributed by atoms with Gasteiger partial charge in [0, 0.05) is 16.7 Å². The van der Waals surface area contributed by atoms with Gasteiger partial charge in [-0.05, 0) is 42.6 Å². The van der Waals surface area contributed by atoms with Crippen molar-refractivity contribution in [2.75, 3.05) is 6.54 Å². The van der Waals surface area contributed by atoms with Crippen molar-refractivity contribution in [3.8, 4) is 0 Å². The van der Waals surface area contributed by atoms with Crippen molar-refractivity contribution in [1.82, 2.24) is 5.32 Å². The summed E-state index contributed by atoms with van der Waals surface area (Å²) in [6.07, 6.45) is 1.12. The van der Waals surface area contributed by atoms with Gasteiger partial charge in [-0.3, -0.25) is 0 Å². The molecule has 0 aliphatic rings. The first-order valence-electron chi connectivity index (χ1n) is 7.75. The third-order valence-electron chi connectivity index (χ3n) is 3.80. The van der Waals surface area contributed by atoms with E-state index in [2.05, 4.69) is 74.6 Å².